The topological polar surface area (TPSA) is 49.8 Å². The van der Waals surface area contributed by atoms with Gasteiger partial charge in [-0.1, -0.05) is 0 Å². The third-order valence-corrected chi connectivity index (χ3v) is 3.31. The number of aliphatic carboxylic acids is 1. The van der Waals surface area contributed by atoms with Gasteiger partial charge >= 0.3 is 5.97 Å². The second-order valence-corrected chi connectivity index (χ2v) is 6.20. The van der Waals surface area contributed by atoms with Crippen molar-refractivity contribution in [2.45, 2.75) is 52.1 Å². The second kappa shape index (κ2) is 7.10. The second-order valence-electron chi connectivity index (χ2n) is 6.20. The van der Waals surface area contributed by atoms with Gasteiger partial charge in [0.05, 0.1) is 12.2 Å². The molecule has 0 aliphatic carbocycles. The van der Waals surface area contributed by atoms with Crippen LogP contribution in [0.5, 0.6) is 0 Å². The van der Waals surface area contributed by atoms with E-state index in [0.29, 0.717) is 12.3 Å². The lowest BCUT2D eigenvalue weighted by molar-refractivity contribution is -0.137. The maximum atomic E-state index is 10.6. The summed E-state index contributed by atoms with van der Waals surface area (Å²) >= 11 is 0. The average molecular weight is 257 g/mol. The number of likely N-dealkylation sites (tertiary alicyclic amines) is 1. The highest BCUT2D eigenvalue weighted by atomic mass is 16.5. The lowest BCUT2D eigenvalue weighted by atomic mass is 9.93. The number of piperidine rings is 1. The third kappa shape index (κ3) is 6.97. The van der Waals surface area contributed by atoms with Crippen molar-refractivity contribution in [1.82, 2.24) is 4.90 Å². The summed E-state index contributed by atoms with van der Waals surface area (Å²) < 4.78 is 5.73. The normalized spacial score (nSPS) is 22.1. The Bertz CT molecular complexity index is 260. The summed E-state index contributed by atoms with van der Waals surface area (Å²) in [7, 11) is 0. The van der Waals surface area contributed by atoms with E-state index in [1.54, 1.807) is 0 Å². The van der Waals surface area contributed by atoms with Crippen LogP contribution in [-0.2, 0) is 9.53 Å². The fraction of sp³-hybridized carbons (Fsp3) is 0.929. The average Bonchev–Trinajstić information content (AvgIpc) is 2.25. The molecule has 1 atom stereocenters. The highest BCUT2D eigenvalue weighted by molar-refractivity contribution is 5.66. The van der Waals surface area contributed by atoms with Gasteiger partial charge < -0.3 is 14.7 Å². The molecule has 0 saturated carbocycles. The van der Waals surface area contributed by atoms with Crippen molar-refractivity contribution in [3.8, 4) is 0 Å². The lowest BCUT2D eigenvalue weighted by Gasteiger charge is -2.33. The van der Waals surface area contributed by atoms with Crippen LogP contribution in [0.4, 0.5) is 0 Å². The molecule has 1 unspecified atom stereocenters. The number of carboxylic acids is 1. The Balaban J connectivity index is 2.20. The van der Waals surface area contributed by atoms with Gasteiger partial charge in [0.1, 0.15) is 0 Å². The van der Waals surface area contributed by atoms with E-state index in [1.165, 1.54) is 12.8 Å². The van der Waals surface area contributed by atoms with E-state index in [9.17, 15) is 4.79 Å². The molecule has 0 aromatic heterocycles. The summed E-state index contributed by atoms with van der Waals surface area (Å²) in [4.78, 5) is 13.0. The maximum absolute atomic E-state index is 10.6. The molecule has 0 radical (unpaired) electrons. The first-order valence-electron chi connectivity index (χ1n) is 6.95. The molecule has 1 N–H and O–H groups in total. The van der Waals surface area contributed by atoms with E-state index < -0.39 is 5.97 Å². The molecular formula is C14H27NO3. The van der Waals surface area contributed by atoms with E-state index in [4.69, 9.17) is 9.84 Å². The van der Waals surface area contributed by atoms with Gasteiger partial charge in [-0.05, 0) is 52.5 Å². The van der Waals surface area contributed by atoms with Gasteiger partial charge in [-0.25, -0.2) is 0 Å². The largest absolute Gasteiger partial charge is 0.481 e. The molecule has 18 heavy (non-hydrogen) atoms. The molecule has 1 saturated heterocycles. The molecule has 1 heterocycles. The van der Waals surface area contributed by atoms with Crippen molar-refractivity contribution in [3.63, 3.8) is 0 Å². The summed E-state index contributed by atoms with van der Waals surface area (Å²) in [6.45, 7) is 10.1. The number of ether oxygens (including phenoxy) is 1. The summed E-state index contributed by atoms with van der Waals surface area (Å²) in [6, 6.07) is 0. The van der Waals surface area contributed by atoms with Crippen molar-refractivity contribution < 1.29 is 14.6 Å². The minimum atomic E-state index is -0.678. The number of hydrogen-bond acceptors (Lipinski definition) is 3. The molecule has 0 aromatic rings. The van der Waals surface area contributed by atoms with Crippen LogP contribution in [-0.4, -0.2) is 47.8 Å². The minimum Gasteiger partial charge on any atom is -0.481 e. The van der Waals surface area contributed by atoms with E-state index in [1.807, 2.05) is 0 Å². The molecule has 0 aromatic carbocycles. The Hall–Kier alpha value is -0.610. The van der Waals surface area contributed by atoms with Crippen molar-refractivity contribution >= 4 is 5.97 Å². The van der Waals surface area contributed by atoms with Crippen LogP contribution in [0.15, 0.2) is 0 Å². The van der Waals surface area contributed by atoms with Crippen LogP contribution in [0.25, 0.3) is 0 Å². The van der Waals surface area contributed by atoms with Crippen molar-refractivity contribution in [1.29, 1.82) is 0 Å². The molecule has 1 aliphatic heterocycles. The number of carbonyl (C=O) groups is 1. The van der Waals surface area contributed by atoms with Crippen molar-refractivity contribution in [2.24, 2.45) is 5.92 Å². The molecule has 4 nitrogen and oxygen atoms in total. The highest BCUT2D eigenvalue weighted by Crippen LogP contribution is 2.21. The molecule has 0 bridgehead atoms. The fourth-order valence-electron chi connectivity index (χ4n) is 2.40. The Kier molecular flexibility index (Phi) is 6.09. The van der Waals surface area contributed by atoms with Gasteiger partial charge in [-0.2, -0.15) is 0 Å². The predicted molar refractivity (Wildman–Crippen MR) is 71.7 cm³/mol. The van der Waals surface area contributed by atoms with Crippen molar-refractivity contribution in [2.75, 3.05) is 26.2 Å². The fourth-order valence-corrected chi connectivity index (χ4v) is 2.40. The smallest absolute Gasteiger partial charge is 0.303 e. The Morgan fingerprint density at radius 3 is 2.78 bits per heavy atom. The molecular weight excluding hydrogens is 230 g/mol. The third-order valence-electron chi connectivity index (χ3n) is 3.31. The molecule has 106 valence electrons. The number of hydrogen-bond donors (Lipinski definition) is 1. The lowest BCUT2D eigenvalue weighted by Crippen LogP contribution is -2.38. The van der Waals surface area contributed by atoms with Gasteiger partial charge in [0, 0.05) is 19.5 Å². The first-order chi connectivity index (χ1) is 8.37. The van der Waals surface area contributed by atoms with E-state index in [0.717, 1.165) is 32.7 Å². The molecule has 1 rings (SSSR count). The first-order valence-corrected chi connectivity index (χ1v) is 6.95. The number of rotatable bonds is 6. The van der Waals surface area contributed by atoms with Gasteiger partial charge in [0.15, 0.2) is 0 Å². The SMILES string of the molecule is CC(C)(C)OCCN1CCCC(CCC(=O)O)C1. The zero-order valence-electron chi connectivity index (χ0n) is 11.9. The van der Waals surface area contributed by atoms with Crippen LogP contribution in [0.2, 0.25) is 0 Å². The van der Waals surface area contributed by atoms with Crippen molar-refractivity contribution in [3.05, 3.63) is 0 Å². The van der Waals surface area contributed by atoms with Gasteiger partial charge in [0.25, 0.3) is 0 Å². The molecule has 1 aliphatic rings. The molecule has 1 fully saturated rings. The standard InChI is InChI=1S/C14H27NO3/c1-14(2,3)18-10-9-15-8-4-5-12(11-15)6-7-13(16)17/h12H,4-11H2,1-3H3,(H,16,17). The van der Waals surface area contributed by atoms with Crippen LogP contribution in [0.3, 0.4) is 0 Å². The quantitative estimate of drug-likeness (QED) is 0.793. The van der Waals surface area contributed by atoms with Crippen LogP contribution < -0.4 is 0 Å². The van der Waals surface area contributed by atoms with Crippen LogP contribution in [0.1, 0.15) is 46.5 Å². The highest BCUT2D eigenvalue weighted by Gasteiger charge is 2.20. The van der Waals surface area contributed by atoms with Gasteiger partial charge in [-0.3, -0.25) is 4.79 Å². The monoisotopic (exact) mass is 257 g/mol. The molecule has 0 spiro atoms. The molecule has 4 heteroatoms. The van der Waals surface area contributed by atoms with Gasteiger partial charge in [0.2, 0.25) is 0 Å². The zero-order chi connectivity index (χ0) is 13.6. The summed E-state index contributed by atoms with van der Waals surface area (Å²) in [6.07, 6.45) is 3.46. The summed E-state index contributed by atoms with van der Waals surface area (Å²) in [5.74, 6) is -0.132. The summed E-state index contributed by atoms with van der Waals surface area (Å²) in [5.41, 5.74) is -0.0709. The van der Waals surface area contributed by atoms with Crippen LogP contribution >= 0.6 is 0 Å². The number of carboxylic acid groups (broad SMARTS) is 1. The van der Waals surface area contributed by atoms with Crippen LogP contribution in [0, 0.1) is 5.92 Å². The molecule has 0 amide bonds. The number of nitrogens with zero attached hydrogens (tertiary/aromatic N) is 1. The zero-order valence-corrected chi connectivity index (χ0v) is 11.9. The summed E-state index contributed by atoms with van der Waals surface area (Å²) in [5, 5.41) is 8.71. The first kappa shape index (κ1) is 15.4. The van der Waals surface area contributed by atoms with E-state index >= 15 is 0 Å². The Morgan fingerprint density at radius 1 is 1.44 bits per heavy atom. The Labute approximate surface area is 110 Å². The van der Waals surface area contributed by atoms with E-state index in [-0.39, 0.29) is 5.60 Å². The van der Waals surface area contributed by atoms with E-state index in [2.05, 4.69) is 25.7 Å². The van der Waals surface area contributed by atoms with Gasteiger partial charge in [-0.15, -0.1) is 0 Å². The predicted octanol–water partition coefficient (Wildman–Crippen LogP) is 2.38. The minimum absolute atomic E-state index is 0.0709. The maximum Gasteiger partial charge on any atom is 0.303 e. The Morgan fingerprint density at radius 2 is 2.17 bits per heavy atom.